The summed E-state index contributed by atoms with van der Waals surface area (Å²) in [6, 6.07) is 17.2. The molecule has 2 atom stereocenters. The van der Waals surface area contributed by atoms with Gasteiger partial charge >= 0.3 is 0 Å². The van der Waals surface area contributed by atoms with Crippen molar-refractivity contribution < 1.29 is 8.42 Å². The van der Waals surface area contributed by atoms with Gasteiger partial charge in [-0.2, -0.15) is 4.31 Å². The molecule has 1 aliphatic heterocycles. The second-order valence-electron chi connectivity index (χ2n) is 7.50. The number of benzene rings is 2. The largest absolute Gasteiger partial charge is 0.368 e. The van der Waals surface area contributed by atoms with E-state index in [0.717, 1.165) is 5.69 Å². The Morgan fingerprint density at radius 1 is 0.885 bits per heavy atom. The summed E-state index contributed by atoms with van der Waals surface area (Å²) in [5, 5.41) is 0. The molecule has 1 aliphatic rings. The van der Waals surface area contributed by atoms with Crippen LogP contribution in [0.5, 0.6) is 0 Å². The van der Waals surface area contributed by atoms with E-state index in [0.29, 0.717) is 23.9 Å². The van der Waals surface area contributed by atoms with Crippen LogP contribution >= 0.6 is 0 Å². The topological polar surface area (TPSA) is 40.6 Å². The lowest BCUT2D eigenvalue weighted by atomic mass is 10.0. The maximum atomic E-state index is 13.1. The first kappa shape index (κ1) is 18.9. The highest BCUT2D eigenvalue weighted by atomic mass is 32.2. The van der Waals surface area contributed by atoms with Gasteiger partial charge in [-0.05, 0) is 49.6 Å². The normalized spacial score (nSPS) is 22.0. The van der Waals surface area contributed by atoms with Crippen LogP contribution in [0.3, 0.4) is 0 Å². The van der Waals surface area contributed by atoms with Crippen LogP contribution < -0.4 is 4.90 Å². The molecule has 1 fully saturated rings. The molecular weight excluding hydrogens is 344 g/mol. The number of nitrogens with zero attached hydrogens (tertiary/aromatic N) is 2. The molecule has 0 bridgehead atoms. The molecule has 0 spiro atoms. The summed E-state index contributed by atoms with van der Waals surface area (Å²) in [5.74, 6) is 0.509. The van der Waals surface area contributed by atoms with E-state index >= 15 is 0 Å². The van der Waals surface area contributed by atoms with Gasteiger partial charge in [0.2, 0.25) is 10.0 Å². The minimum absolute atomic E-state index is 0.0891. The number of anilines is 1. The second-order valence-corrected chi connectivity index (χ2v) is 9.34. The lowest BCUT2D eigenvalue weighted by Gasteiger charge is -2.44. The van der Waals surface area contributed by atoms with Crippen molar-refractivity contribution in [3.8, 4) is 0 Å². The standard InChI is InChI=1S/C21H28N2O2S/c1-16(2)19-10-12-20(13-11-19)22-14-17(3)23(18(4)15-22)26(24,25)21-8-6-5-7-9-21/h5-13,16-18H,14-15H2,1-4H3. The van der Waals surface area contributed by atoms with Crippen molar-refractivity contribution in [2.24, 2.45) is 0 Å². The van der Waals surface area contributed by atoms with Gasteiger partial charge in [0.05, 0.1) is 4.90 Å². The van der Waals surface area contributed by atoms with Gasteiger partial charge in [0.25, 0.3) is 0 Å². The highest BCUT2D eigenvalue weighted by molar-refractivity contribution is 7.89. The Morgan fingerprint density at radius 2 is 1.42 bits per heavy atom. The number of hydrogen-bond acceptors (Lipinski definition) is 3. The van der Waals surface area contributed by atoms with Gasteiger partial charge in [0.15, 0.2) is 0 Å². The van der Waals surface area contributed by atoms with E-state index in [1.165, 1.54) is 5.56 Å². The maximum Gasteiger partial charge on any atom is 0.243 e. The number of piperazine rings is 1. The van der Waals surface area contributed by atoms with Crippen LogP contribution in [0.15, 0.2) is 59.5 Å². The fourth-order valence-electron chi connectivity index (χ4n) is 3.78. The zero-order chi connectivity index (χ0) is 18.9. The van der Waals surface area contributed by atoms with Crippen molar-refractivity contribution in [3.05, 3.63) is 60.2 Å². The molecular formula is C21H28N2O2S. The summed E-state index contributed by atoms with van der Waals surface area (Å²) in [4.78, 5) is 2.66. The molecule has 0 amide bonds. The molecule has 0 aliphatic carbocycles. The van der Waals surface area contributed by atoms with E-state index in [9.17, 15) is 8.42 Å². The Kier molecular flexibility index (Phi) is 5.39. The second kappa shape index (κ2) is 7.41. The highest BCUT2D eigenvalue weighted by Crippen LogP contribution is 2.28. The first-order valence-electron chi connectivity index (χ1n) is 9.24. The fourth-order valence-corrected chi connectivity index (χ4v) is 5.60. The van der Waals surface area contributed by atoms with E-state index in [1.807, 2.05) is 19.9 Å². The Morgan fingerprint density at radius 3 is 1.92 bits per heavy atom. The molecule has 1 saturated heterocycles. The summed E-state index contributed by atoms with van der Waals surface area (Å²) >= 11 is 0. The zero-order valence-electron chi connectivity index (χ0n) is 16.0. The Hall–Kier alpha value is -1.85. The molecule has 4 nitrogen and oxygen atoms in total. The van der Waals surface area contributed by atoms with Gasteiger partial charge in [-0.1, -0.05) is 44.2 Å². The fraction of sp³-hybridized carbons (Fsp3) is 0.429. The first-order chi connectivity index (χ1) is 12.3. The minimum Gasteiger partial charge on any atom is -0.368 e. The van der Waals surface area contributed by atoms with Crippen LogP contribution in [0.4, 0.5) is 5.69 Å². The van der Waals surface area contributed by atoms with E-state index in [-0.39, 0.29) is 12.1 Å². The monoisotopic (exact) mass is 372 g/mol. The van der Waals surface area contributed by atoms with Crippen molar-refractivity contribution in [1.82, 2.24) is 4.31 Å². The summed E-state index contributed by atoms with van der Waals surface area (Å²) in [7, 11) is -3.48. The van der Waals surface area contributed by atoms with Gasteiger partial charge in [0, 0.05) is 30.9 Å². The van der Waals surface area contributed by atoms with Crippen molar-refractivity contribution in [1.29, 1.82) is 0 Å². The molecule has 2 aromatic rings. The molecule has 0 aromatic heterocycles. The average Bonchev–Trinajstić information content (AvgIpc) is 2.61. The summed E-state index contributed by atoms with van der Waals surface area (Å²) in [5.41, 5.74) is 2.48. The third kappa shape index (κ3) is 3.64. The van der Waals surface area contributed by atoms with E-state index < -0.39 is 10.0 Å². The molecule has 2 unspecified atom stereocenters. The van der Waals surface area contributed by atoms with Gasteiger partial charge in [-0.3, -0.25) is 0 Å². The third-order valence-electron chi connectivity index (χ3n) is 5.08. The quantitative estimate of drug-likeness (QED) is 0.811. The third-order valence-corrected chi connectivity index (χ3v) is 7.22. The molecule has 0 radical (unpaired) electrons. The maximum absolute atomic E-state index is 13.1. The summed E-state index contributed by atoms with van der Waals surface area (Å²) < 4.78 is 27.8. The molecule has 3 rings (SSSR count). The van der Waals surface area contributed by atoms with E-state index in [2.05, 4.69) is 43.0 Å². The molecule has 140 valence electrons. The Bertz CT molecular complexity index is 820. The smallest absolute Gasteiger partial charge is 0.243 e. The Balaban J connectivity index is 1.81. The predicted octanol–water partition coefficient (Wildman–Crippen LogP) is 4.10. The predicted molar refractivity (Wildman–Crippen MR) is 107 cm³/mol. The minimum atomic E-state index is -3.48. The van der Waals surface area contributed by atoms with Crippen molar-refractivity contribution in [2.45, 2.75) is 50.6 Å². The van der Waals surface area contributed by atoms with Crippen molar-refractivity contribution in [2.75, 3.05) is 18.0 Å². The van der Waals surface area contributed by atoms with Crippen molar-refractivity contribution >= 4 is 15.7 Å². The van der Waals surface area contributed by atoms with Gasteiger partial charge in [0.1, 0.15) is 0 Å². The summed E-state index contributed by atoms with van der Waals surface area (Å²) in [6.07, 6.45) is 0. The lowest BCUT2D eigenvalue weighted by Crippen LogP contribution is -2.58. The van der Waals surface area contributed by atoms with Gasteiger partial charge < -0.3 is 4.90 Å². The highest BCUT2D eigenvalue weighted by Gasteiger charge is 2.38. The molecule has 2 aromatic carbocycles. The van der Waals surface area contributed by atoms with Crippen LogP contribution in [0.25, 0.3) is 0 Å². The molecule has 0 saturated carbocycles. The van der Waals surface area contributed by atoms with E-state index in [1.54, 1.807) is 28.6 Å². The van der Waals surface area contributed by atoms with Crippen LogP contribution in [0.1, 0.15) is 39.2 Å². The molecule has 5 heteroatoms. The first-order valence-corrected chi connectivity index (χ1v) is 10.7. The summed E-state index contributed by atoms with van der Waals surface area (Å²) in [6.45, 7) is 9.74. The zero-order valence-corrected chi connectivity index (χ0v) is 16.8. The number of hydrogen-bond donors (Lipinski definition) is 0. The number of sulfonamides is 1. The molecule has 26 heavy (non-hydrogen) atoms. The van der Waals surface area contributed by atoms with Crippen LogP contribution in [-0.4, -0.2) is 37.9 Å². The Labute approximate surface area is 157 Å². The molecule has 1 heterocycles. The van der Waals surface area contributed by atoms with Crippen LogP contribution in [-0.2, 0) is 10.0 Å². The van der Waals surface area contributed by atoms with Gasteiger partial charge in [-0.15, -0.1) is 0 Å². The lowest BCUT2D eigenvalue weighted by molar-refractivity contribution is 0.241. The molecule has 0 N–H and O–H groups in total. The van der Waals surface area contributed by atoms with E-state index in [4.69, 9.17) is 0 Å². The van der Waals surface area contributed by atoms with Crippen molar-refractivity contribution in [3.63, 3.8) is 0 Å². The van der Waals surface area contributed by atoms with Crippen LogP contribution in [0, 0.1) is 0 Å². The number of rotatable bonds is 4. The van der Waals surface area contributed by atoms with Gasteiger partial charge in [-0.25, -0.2) is 8.42 Å². The average molecular weight is 373 g/mol. The van der Waals surface area contributed by atoms with Crippen LogP contribution in [0.2, 0.25) is 0 Å². The SMILES string of the molecule is CC(C)c1ccc(N2CC(C)N(S(=O)(=O)c3ccccc3)C(C)C2)cc1.